The first-order valence-corrected chi connectivity index (χ1v) is 11.8. The van der Waals surface area contributed by atoms with Crippen molar-refractivity contribution in [1.82, 2.24) is 9.78 Å². The van der Waals surface area contributed by atoms with E-state index in [0.29, 0.717) is 33.8 Å². The predicted molar refractivity (Wildman–Crippen MR) is 136 cm³/mol. The zero-order valence-electron chi connectivity index (χ0n) is 20.8. The van der Waals surface area contributed by atoms with Gasteiger partial charge in [-0.25, -0.2) is 9.18 Å². The normalized spacial score (nSPS) is 16.3. The third kappa shape index (κ3) is 5.20. The number of nitrogens with two attached hydrogens (primary N) is 1. The lowest BCUT2D eigenvalue weighted by atomic mass is 9.85. The standard InChI is InChI=1S/C27H27FN4O6/c1-14-7-24(21(9-19(14)26(29)36)23-8-15(2)32(30-23)11-18(34)13-33)31-12-22(27(37)38)20(10-25(31)35)16-3-5-17(28)6-4-16/h3-9,12,18,20,33-34H,10-11,13H2,1-2H3,(H2,29,36)(H,37,38)/t18-,20+/m1/s1. The molecule has 2 amide bonds. The highest BCUT2D eigenvalue weighted by molar-refractivity contribution is 6.06. The van der Waals surface area contributed by atoms with E-state index in [9.17, 15) is 34.1 Å². The number of carbonyl (C=O) groups is 3. The minimum atomic E-state index is -1.23. The number of aliphatic carboxylic acids is 1. The predicted octanol–water partition coefficient (Wildman–Crippen LogP) is 2.25. The van der Waals surface area contributed by atoms with Crippen LogP contribution in [0.5, 0.6) is 0 Å². The van der Waals surface area contributed by atoms with Crippen LogP contribution in [0.4, 0.5) is 10.1 Å². The van der Waals surface area contributed by atoms with Gasteiger partial charge in [0.05, 0.1) is 36.2 Å². The second-order valence-electron chi connectivity index (χ2n) is 9.20. The molecule has 0 aliphatic carbocycles. The highest BCUT2D eigenvalue weighted by Gasteiger charge is 2.34. The van der Waals surface area contributed by atoms with Crippen LogP contribution in [0, 0.1) is 19.7 Å². The molecular weight excluding hydrogens is 495 g/mol. The summed E-state index contributed by atoms with van der Waals surface area (Å²) in [4.78, 5) is 39.0. The van der Waals surface area contributed by atoms with Crippen molar-refractivity contribution < 1.29 is 34.1 Å². The van der Waals surface area contributed by atoms with E-state index in [-0.39, 0.29) is 24.1 Å². The van der Waals surface area contributed by atoms with Crippen LogP contribution in [0.3, 0.4) is 0 Å². The summed E-state index contributed by atoms with van der Waals surface area (Å²) in [5, 5.41) is 33.5. The molecule has 1 aromatic heterocycles. The number of aliphatic hydroxyl groups excluding tert-OH is 2. The van der Waals surface area contributed by atoms with E-state index in [1.54, 1.807) is 26.0 Å². The van der Waals surface area contributed by atoms with Gasteiger partial charge < -0.3 is 21.1 Å². The Morgan fingerprint density at radius 3 is 2.47 bits per heavy atom. The van der Waals surface area contributed by atoms with Crippen LogP contribution in [0.15, 0.2) is 54.2 Å². The first-order valence-electron chi connectivity index (χ1n) is 11.8. The molecule has 1 aliphatic heterocycles. The summed E-state index contributed by atoms with van der Waals surface area (Å²) < 4.78 is 14.9. The maximum atomic E-state index is 13.4. The van der Waals surface area contributed by atoms with Crippen molar-refractivity contribution in [3.8, 4) is 11.3 Å². The molecule has 0 bridgehead atoms. The summed E-state index contributed by atoms with van der Waals surface area (Å²) >= 11 is 0. The van der Waals surface area contributed by atoms with Crippen molar-refractivity contribution in [3.05, 3.63) is 82.4 Å². The van der Waals surface area contributed by atoms with E-state index in [1.165, 1.54) is 46.1 Å². The Kier molecular flexibility index (Phi) is 7.42. The number of carboxylic acids is 1. The van der Waals surface area contributed by atoms with Crippen molar-refractivity contribution in [1.29, 1.82) is 0 Å². The molecule has 2 atom stereocenters. The number of halogens is 1. The van der Waals surface area contributed by atoms with Gasteiger partial charge in [0.25, 0.3) is 0 Å². The fourth-order valence-corrected chi connectivity index (χ4v) is 4.53. The molecule has 2 aromatic carbocycles. The van der Waals surface area contributed by atoms with Crippen molar-refractivity contribution >= 4 is 23.5 Å². The summed E-state index contributed by atoms with van der Waals surface area (Å²) in [5.74, 6) is -3.60. The maximum Gasteiger partial charge on any atom is 0.333 e. The Hall–Kier alpha value is -4.35. The van der Waals surface area contributed by atoms with E-state index in [1.807, 2.05) is 0 Å². The lowest BCUT2D eigenvalue weighted by molar-refractivity contribution is -0.133. The molecular formula is C27H27FN4O6. The molecule has 11 heteroatoms. The number of aryl methyl sites for hydroxylation is 2. The molecule has 0 saturated heterocycles. The molecule has 0 spiro atoms. The Morgan fingerprint density at radius 2 is 1.87 bits per heavy atom. The van der Waals surface area contributed by atoms with Crippen molar-refractivity contribution in [2.45, 2.75) is 38.8 Å². The summed E-state index contributed by atoms with van der Waals surface area (Å²) in [6, 6.07) is 10.1. The van der Waals surface area contributed by atoms with Crippen LogP contribution >= 0.6 is 0 Å². The number of aliphatic hydroxyl groups is 2. The van der Waals surface area contributed by atoms with Crippen LogP contribution in [-0.2, 0) is 16.1 Å². The Bertz CT molecular complexity index is 1450. The molecule has 0 fully saturated rings. The number of rotatable bonds is 8. The third-order valence-electron chi connectivity index (χ3n) is 6.53. The van der Waals surface area contributed by atoms with Gasteiger partial charge in [-0.05, 0) is 55.3 Å². The van der Waals surface area contributed by atoms with Crippen LogP contribution in [0.2, 0.25) is 0 Å². The number of primary amides is 1. The van der Waals surface area contributed by atoms with Gasteiger partial charge in [0, 0.05) is 35.4 Å². The van der Waals surface area contributed by atoms with Crippen molar-refractivity contribution in [2.75, 3.05) is 11.5 Å². The second-order valence-corrected chi connectivity index (χ2v) is 9.20. The number of benzene rings is 2. The van der Waals surface area contributed by atoms with Gasteiger partial charge in [0.2, 0.25) is 11.8 Å². The lowest BCUT2D eigenvalue weighted by Gasteiger charge is -2.31. The molecule has 1 aliphatic rings. The van der Waals surface area contributed by atoms with Gasteiger partial charge >= 0.3 is 5.97 Å². The van der Waals surface area contributed by atoms with Gasteiger partial charge in [-0.2, -0.15) is 5.10 Å². The molecule has 3 aromatic rings. The molecule has 0 unspecified atom stereocenters. The number of aromatic nitrogens is 2. The lowest BCUT2D eigenvalue weighted by Crippen LogP contribution is -2.35. The first kappa shape index (κ1) is 26.7. The average Bonchev–Trinajstić information content (AvgIpc) is 3.23. The molecule has 10 nitrogen and oxygen atoms in total. The van der Waals surface area contributed by atoms with Gasteiger partial charge in [-0.15, -0.1) is 0 Å². The van der Waals surface area contributed by atoms with E-state index >= 15 is 0 Å². The molecule has 198 valence electrons. The van der Waals surface area contributed by atoms with E-state index in [2.05, 4.69) is 5.10 Å². The highest BCUT2D eigenvalue weighted by Crippen LogP contribution is 2.39. The monoisotopic (exact) mass is 522 g/mol. The van der Waals surface area contributed by atoms with Gasteiger partial charge in [0.15, 0.2) is 0 Å². The summed E-state index contributed by atoms with van der Waals surface area (Å²) in [6.45, 7) is 2.94. The minimum absolute atomic E-state index is 0.0112. The molecule has 2 heterocycles. The van der Waals surface area contributed by atoms with Gasteiger partial charge in [0.1, 0.15) is 5.82 Å². The van der Waals surface area contributed by atoms with E-state index < -0.39 is 42.2 Å². The van der Waals surface area contributed by atoms with Crippen LogP contribution < -0.4 is 10.6 Å². The molecule has 4 rings (SSSR count). The fourth-order valence-electron chi connectivity index (χ4n) is 4.53. The van der Waals surface area contributed by atoms with Crippen LogP contribution in [-0.4, -0.2) is 55.6 Å². The molecule has 0 radical (unpaired) electrons. The summed E-state index contributed by atoms with van der Waals surface area (Å²) in [7, 11) is 0. The number of carbonyl (C=O) groups excluding carboxylic acids is 2. The first-order chi connectivity index (χ1) is 18.0. The van der Waals surface area contributed by atoms with Gasteiger partial charge in [-0.3, -0.25) is 19.2 Å². The highest BCUT2D eigenvalue weighted by atomic mass is 19.1. The largest absolute Gasteiger partial charge is 0.478 e. The smallest absolute Gasteiger partial charge is 0.333 e. The fraction of sp³-hybridized carbons (Fsp3) is 0.259. The van der Waals surface area contributed by atoms with Crippen LogP contribution in [0.25, 0.3) is 11.3 Å². The molecule has 38 heavy (non-hydrogen) atoms. The zero-order valence-corrected chi connectivity index (χ0v) is 20.8. The Balaban J connectivity index is 1.87. The zero-order chi connectivity index (χ0) is 27.7. The Labute approximate surface area is 217 Å². The average molecular weight is 523 g/mol. The van der Waals surface area contributed by atoms with Gasteiger partial charge in [-0.1, -0.05) is 12.1 Å². The number of hydrogen-bond acceptors (Lipinski definition) is 6. The quantitative estimate of drug-likeness (QED) is 0.353. The molecule has 5 N–H and O–H groups in total. The van der Waals surface area contributed by atoms with Crippen molar-refractivity contribution in [2.24, 2.45) is 5.73 Å². The number of hydrogen-bond donors (Lipinski definition) is 4. The number of carboxylic acid groups (broad SMARTS) is 1. The van der Waals surface area contributed by atoms with E-state index in [0.717, 1.165) is 0 Å². The van der Waals surface area contributed by atoms with Crippen LogP contribution in [0.1, 0.15) is 39.5 Å². The molecule has 0 saturated carbocycles. The Morgan fingerprint density at radius 1 is 1.18 bits per heavy atom. The second kappa shape index (κ2) is 10.6. The minimum Gasteiger partial charge on any atom is -0.478 e. The van der Waals surface area contributed by atoms with Crippen molar-refractivity contribution in [3.63, 3.8) is 0 Å². The summed E-state index contributed by atoms with van der Waals surface area (Å²) in [5.41, 5.74) is 8.30. The number of nitrogens with zero attached hydrogens (tertiary/aromatic N) is 3. The van der Waals surface area contributed by atoms with E-state index in [4.69, 9.17) is 5.73 Å². The SMILES string of the molecule is Cc1cc(N2C=C(C(=O)O)[C@H](c3ccc(F)cc3)CC2=O)c(-c2cc(C)n(C[C@@H](O)CO)n2)cc1C(N)=O. The third-order valence-corrected chi connectivity index (χ3v) is 6.53. The number of anilines is 1. The topological polar surface area (TPSA) is 159 Å². The number of amides is 2. The summed E-state index contributed by atoms with van der Waals surface area (Å²) in [6.07, 6.45) is 0.00739. The maximum absolute atomic E-state index is 13.4.